The van der Waals surface area contributed by atoms with Gasteiger partial charge in [0.15, 0.2) is 0 Å². The lowest BCUT2D eigenvalue weighted by molar-refractivity contribution is -0.140. The summed E-state index contributed by atoms with van der Waals surface area (Å²) in [5.41, 5.74) is 0.511. The van der Waals surface area contributed by atoms with E-state index in [1.165, 1.54) is 25.3 Å². The number of nitrogens with one attached hydrogen (secondary N) is 2. The van der Waals surface area contributed by atoms with Crippen molar-refractivity contribution < 1.29 is 19.0 Å². The number of hydrogen-bond donors (Lipinski definition) is 3. The standard InChI is InChI=1S/C12H15FN2O3/c1-18-9-3-2-7(13)6-8(9)10-11(12(16)17)15-5-4-14-10/h2-3,6,10-11,14-15H,4-5H2,1H3,(H,16,17). The Bertz CT molecular complexity index is 453. The summed E-state index contributed by atoms with van der Waals surface area (Å²) in [7, 11) is 1.47. The first-order valence-electron chi connectivity index (χ1n) is 5.66. The molecule has 2 atom stereocenters. The molecule has 0 radical (unpaired) electrons. The van der Waals surface area contributed by atoms with Gasteiger partial charge in [0.1, 0.15) is 17.6 Å². The molecule has 1 saturated heterocycles. The fraction of sp³-hybridized carbons (Fsp3) is 0.417. The van der Waals surface area contributed by atoms with E-state index in [1.54, 1.807) is 0 Å². The Hall–Kier alpha value is -1.66. The second kappa shape index (κ2) is 5.32. The number of carbonyl (C=O) groups is 1. The number of aliphatic carboxylic acids is 1. The minimum Gasteiger partial charge on any atom is -0.496 e. The molecule has 0 bridgehead atoms. The zero-order chi connectivity index (χ0) is 13.1. The maximum Gasteiger partial charge on any atom is 0.322 e. The maximum absolute atomic E-state index is 13.3. The number of hydrogen-bond acceptors (Lipinski definition) is 4. The van der Waals surface area contributed by atoms with Crippen LogP contribution in [0, 0.1) is 5.82 Å². The second-order valence-corrected chi connectivity index (χ2v) is 4.09. The molecule has 98 valence electrons. The number of rotatable bonds is 3. The molecule has 2 unspecified atom stereocenters. The highest BCUT2D eigenvalue weighted by molar-refractivity contribution is 5.75. The summed E-state index contributed by atoms with van der Waals surface area (Å²) < 4.78 is 18.5. The molecular weight excluding hydrogens is 239 g/mol. The zero-order valence-electron chi connectivity index (χ0n) is 9.94. The molecule has 5 nitrogen and oxygen atoms in total. The fourth-order valence-electron chi connectivity index (χ4n) is 2.16. The minimum atomic E-state index is -0.974. The van der Waals surface area contributed by atoms with Gasteiger partial charge in [-0.05, 0) is 18.2 Å². The van der Waals surface area contributed by atoms with Gasteiger partial charge in [-0.2, -0.15) is 0 Å². The van der Waals surface area contributed by atoms with Crippen LogP contribution >= 0.6 is 0 Å². The molecule has 0 aliphatic carbocycles. The number of ether oxygens (including phenoxy) is 1. The van der Waals surface area contributed by atoms with Gasteiger partial charge >= 0.3 is 5.97 Å². The average molecular weight is 254 g/mol. The molecule has 0 amide bonds. The van der Waals surface area contributed by atoms with Crippen LogP contribution in [0.1, 0.15) is 11.6 Å². The smallest absolute Gasteiger partial charge is 0.322 e. The van der Waals surface area contributed by atoms with E-state index in [-0.39, 0.29) is 0 Å². The van der Waals surface area contributed by atoms with Crippen molar-refractivity contribution in [1.82, 2.24) is 10.6 Å². The zero-order valence-corrected chi connectivity index (χ0v) is 9.94. The van der Waals surface area contributed by atoms with Crippen LogP contribution in [-0.4, -0.2) is 37.3 Å². The van der Waals surface area contributed by atoms with Crippen molar-refractivity contribution in [3.63, 3.8) is 0 Å². The topological polar surface area (TPSA) is 70.6 Å². The molecule has 1 heterocycles. The van der Waals surface area contributed by atoms with Crippen molar-refractivity contribution in [2.45, 2.75) is 12.1 Å². The number of carboxylic acids is 1. The van der Waals surface area contributed by atoms with Crippen LogP contribution in [0.15, 0.2) is 18.2 Å². The highest BCUT2D eigenvalue weighted by atomic mass is 19.1. The normalized spacial score (nSPS) is 23.7. The number of methoxy groups -OCH3 is 1. The van der Waals surface area contributed by atoms with Crippen LogP contribution < -0.4 is 15.4 Å². The van der Waals surface area contributed by atoms with E-state index in [2.05, 4.69) is 10.6 Å². The maximum atomic E-state index is 13.3. The molecule has 1 fully saturated rings. The van der Waals surface area contributed by atoms with Gasteiger partial charge in [0.2, 0.25) is 0 Å². The minimum absolute atomic E-state index is 0.415. The first-order valence-corrected chi connectivity index (χ1v) is 5.66. The van der Waals surface area contributed by atoms with Gasteiger partial charge < -0.3 is 20.5 Å². The Morgan fingerprint density at radius 3 is 2.83 bits per heavy atom. The predicted octanol–water partition coefficient (Wildman–Crippen LogP) is 0.521. The van der Waals surface area contributed by atoms with Gasteiger partial charge in [-0.25, -0.2) is 4.39 Å². The van der Waals surface area contributed by atoms with Gasteiger partial charge in [-0.1, -0.05) is 0 Å². The van der Waals surface area contributed by atoms with E-state index in [4.69, 9.17) is 9.84 Å². The van der Waals surface area contributed by atoms with Crippen molar-refractivity contribution in [3.8, 4) is 5.75 Å². The molecule has 0 aromatic heterocycles. The molecule has 2 rings (SSSR count). The predicted molar refractivity (Wildman–Crippen MR) is 63.1 cm³/mol. The van der Waals surface area contributed by atoms with Crippen LogP contribution in [-0.2, 0) is 4.79 Å². The van der Waals surface area contributed by atoms with Crippen molar-refractivity contribution in [1.29, 1.82) is 0 Å². The Kier molecular flexibility index (Phi) is 3.78. The third-order valence-electron chi connectivity index (χ3n) is 2.98. The summed E-state index contributed by atoms with van der Waals surface area (Å²) in [6.07, 6.45) is 0. The number of carboxylic acid groups (broad SMARTS) is 1. The lowest BCUT2D eigenvalue weighted by Gasteiger charge is -2.32. The summed E-state index contributed by atoms with van der Waals surface area (Å²) in [6.45, 7) is 1.18. The molecule has 0 spiro atoms. The number of benzene rings is 1. The first-order chi connectivity index (χ1) is 8.63. The highest BCUT2D eigenvalue weighted by Crippen LogP contribution is 2.29. The number of piperazine rings is 1. The van der Waals surface area contributed by atoms with E-state index < -0.39 is 23.9 Å². The van der Waals surface area contributed by atoms with Gasteiger partial charge in [0, 0.05) is 18.7 Å². The molecule has 1 aliphatic heterocycles. The third-order valence-corrected chi connectivity index (χ3v) is 2.98. The van der Waals surface area contributed by atoms with Crippen molar-refractivity contribution in [2.24, 2.45) is 0 Å². The average Bonchev–Trinajstić information content (AvgIpc) is 2.38. The molecule has 0 saturated carbocycles. The third kappa shape index (κ3) is 2.44. The summed E-state index contributed by atoms with van der Waals surface area (Å²) in [5.74, 6) is -0.912. The van der Waals surface area contributed by atoms with Gasteiger partial charge in [-0.15, -0.1) is 0 Å². The van der Waals surface area contributed by atoms with Crippen molar-refractivity contribution in [2.75, 3.05) is 20.2 Å². The molecule has 1 aromatic rings. The Morgan fingerprint density at radius 1 is 1.44 bits per heavy atom. The molecule has 6 heteroatoms. The van der Waals surface area contributed by atoms with E-state index in [9.17, 15) is 9.18 Å². The van der Waals surface area contributed by atoms with Crippen LogP contribution in [0.2, 0.25) is 0 Å². The van der Waals surface area contributed by atoms with E-state index in [0.29, 0.717) is 24.4 Å². The van der Waals surface area contributed by atoms with Crippen LogP contribution in [0.3, 0.4) is 0 Å². The van der Waals surface area contributed by atoms with E-state index in [0.717, 1.165) is 0 Å². The van der Waals surface area contributed by atoms with Crippen molar-refractivity contribution in [3.05, 3.63) is 29.6 Å². The highest BCUT2D eigenvalue weighted by Gasteiger charge is 2.33. The lowest BCUT2D eigenvalue weighted by atomic mass is 9.96. The first kappa shape index (κ1) is 12.8. The van der Waals surface area contributed by atoms with Crippen LogP contribution in [0.5, 0.6) is 5.75 Å². The number of halogens is 1. The van der Waals surface area contributed by atoms with Crippen LogP contribution in [0.4, 0.5) is 4.39 Å². The van der Waals surface area contributed by atoms with Crippen molar-refractivity contribution >= 4 is 5.97 Å². The monoisotopic (exact) mass is 254 g/mol. The molecular formula is C12H15FN2O3. The summed E-state index contributed by atoms with van der Waals surface area (Å²) >= 11 is 0. The second-order valence-electron chi connectivity index (χ2n) is 4.09. The summed E-state index contributed by atoms with van der Waals surface area (Å²) in [5, 5.41) is 15.1. The Labute approximate surface area is 104 Å². The quantitative estimate of drug-likeness (QED) is 0.733. The van der Waals surface area contributed by atoms with Gasteiger partial charge in [0.25, 0.3) is 0 Å². The van der Waals surface area contributed by atoms with Crippen LogP contribution in [0.25, 0.3) is 0 Å². The molecule has 1 aromatic carbocycles. The van der Waals surface area contributed by atoms with Gasteiger partial charge in [0.05, 0.1) is 13.2 Å². The lowest BCUT2D eigenvalue weighted by Crippen LogP contribution is -2.54. The molecule has 1 aliphatic rings. The summed E-state index contributed by atoms with van der Waals surface area (Å²) in [6, 6.07) is 2.78. The Morgan fingerprint density at radius 2 is 2.17 bits per heavy atom. The molecule has 3 N–H and O–H groups in total. The van der Waals surface area contributed by atoms with E-state index in [1.807, 2.05) is 0 Å². The fourth-order valence-corrected chi connectivity index (χ4v) is 2.16. The van der Waals surface area contributed by atoms with Gasteiger partial charge in [-0.3, -0.25) is 4.79 Å². The summed E-state index contributed by atoms with van der Waals surface area (Å²) in [4.78, 5) is 11.2. The molecule has 18 heavy (non-hydrogen) atoms. The largest absolute Gasteiger partial charge is 0.496 e. The SMILES string of the molecule is COc1ccc(F)cc1C1NCCNC1C(=O)O. The Balaban J connectivity index is 2.38. The van der Waals surface area contributed by atoms with E-state index >= 15 is 0 Å².